The SMILES string of the molecule is CCOc1cc(/C=N/NC(=O)c2ccc(C)cc2)cc(Br)c1OCC(=O)Nc1ccc(C)cc1. The van der Waals surface area contributed by atoms with Crippen molar-refractivity contribution in [2.24, 2.45) is 5.10 Å². The van der Waals surface area contributed by atoms with Gasteiger partial charge in [-0.25, -0.2) is 5.43 Å². The molecule has 2 amide bonds. The summed E-state index contributed by atoms with van der Waals surface area (Å²) in [5.74, 6) is 0.260. The number of hydrazone groups is 1. The maximum Gasteiger partial charge on any atom is 0.271 e. The van der Waals surface area contributed by atoms with Gasteiger partial charge in [-0.3, -0.25) is 9.59 Å². The molecule has 0 heterocycles. The number of nitrogens with zero attached hydrogens (tertiary/aromatic N) is 1. The number of aryl methyl sites for hydroxylation is 2. The average Bonchev–Trinajstić information content (AvgIpc) is 2.80. The van der Waals surface area contributed by atoms with Crippen molar-refractivity contribution in [2.75, 3.05) is 18.5 Å². The Hall–Kier alpha value is -3.65. The van der Waals surface area contributed by atoms with Crippen molar-refractivity contribution in [3.63, 3.8) is 0 Å². The van der Waals surface area contributed by atoms with Crippen LogP contribution in [0.2, 0.25) is 0 Å². The van der Waals surface area contributed by atoms with Crippen LogP contribution in [0.15, 0.2) is 70.2 Å². The highest BCUT2D eigenvalue weighted by Crippen LogP contribution is 2.36. The minimum atomic E-state index is -0.306. The fourth-order valence-corrected chi connectivity index (χ4v) is 3.55. The Kier molecular flexibility index (Phi) is 8.81. The van der Waals surface area contributed by atoms with E-state index in [4.69, 9.17) is 9.47 Å². The summed E-state index contributed by atoms with van der Waals surface area (Å²) in [6.45, 7) is 6.01. The highest BCUT2D eigenvalue weighted by Gasteiger charge is 2.14. The van der Waals surface area contributed by atoms with Crippen molar-refractivity contribution in [3.05, 3.63) is 87.4 Å². The molecule has 0 aliphatic heterocycles. The number of anilines is 1. The van der Waals surface area contributed by atoms with Crippen LogP contribution in [-0.4, -0.2) is 31.2 Å². The number of ether oxygens (including phenoxy) is 2. The molecule has 3 aromatic rings. The van der Waals surface area contributed by atoms with Crippen molar-refractivity contribution >= 4 is 39.6 Å². The first-order valence-corrected chi connectivity index (χ1v) is 11.5. The third-order valence-corrected chi connectivity index (χ3v) is 5.30. The maximum absolute atomic E-state index is 12.3. The Morgan fingerprint density at radius 1 is 0.971 bits per heavy atom. The number of carbonyl (C=O) groups is 2. The molecule has 2 N–H and O–H groups in total. The lowest BCUT2D eigenvalue weighted by Gasteiger charge is -2.14. The van der Waals surface area contributed by atoms with Crippen LogP contribution in [0.25, 0.3) is 0 Å². The van der Waals surface area contributed by atoms with Gasteiger partial charge in [0.1, 0.15) is 0 Å². The molecule has 176 valence electrons. The summed E-state index contributed by atoms with van der Waals surface area (Å²) in [6.07, 6.45) is 1.51. The molecule has 0 aliphatic rings. The van der Waals surface area contributed by atoms with Crippen molar-refractivity contribution in [2.45, 2.75) is 20.8 Å². The lowest BCUT2D eigenvalue weighted by atomic mass is 10.1. The van der Waals surface area contributed by atoms with E-state index in [2.05, 4.69) is 31.8 Å². The summed E-state index contributed by atoms with van der Waals surface area (Å²) in [5, 5.41) is 6.83. The predicted molar refractivity (Wildman–Crippen MR) is 137 cm³/mol. The third-order valence-electron chi connectivity index (χ3n) is 4.71. The number of nitrogens with one attached hydrogen (secondary N) is 2. The standard InChI is InChI=1S/C26H26BrN3O4/c1-4-33-23-14-19(15-28-30-26(32)20-9-5-17(2)6-10-20)13-22(27)25(23)34-16-24(31)29-21-11-7-18(3)8-12-21/h5-15H,4,16H2,1-3H3,(H,29,31)(H,30,32)/b28-15+. The molecule has 3 aromatic carbocycles. The van der Waals surface area contributed by atoms with Crippen LogP contribution in [0.4, 0.5) is 5.69 Å². The second-order valence-corrected chi connectivity index (χ2v) is 8.39. The molecular weight excluding hydrogens is 498 g/mol. The Bertz CT molecular complexity index is 1180. The quantitative estimate of drug-likeness (QED) is 0.296. The largest absolute Gasteiger partial charge is 0.490 e. The Morgan fingerprint density at radius 2 is 1.62 bits per heavy atom. The van der Waals surface area contributed by atoms with E-state index in [1.54, 1.807) is 24.3 Å². The molecular formula is C26H26BrN3O4. The minimum absolute atomic E-state index is 0.188. The van der Waals surface area contributed by atoms with Crippen LogP contribution in [0.5, 0.6) is 11.5 Å². The van der Waals surface area contributed by atoms with Gasteiger partial charge >= 0.3 is 0 Å². The maximum atomic E-state index is 12.3. The van der Waals surface area contributed by atoms with E-state index in [1.807, 2.05) is 57.2 Å². The summed E-state index contributed by atoms with van der Waals surface area (Å²) < 4.78 is 12.0. The molecule has 0 aromatic heterocycles. The van der Waals surface area contributed by atoms with E-state index in [1.165, 1.54) is 6.21 Å². The number of hydrogen-bond donors (Lipinski definition) is 2. The zero-order valence-electron chi connectivity index (χ0n) is 19.2. The van der Waals surface area contributed by atoms with Crippen LogP contribution < -0.4 is 20.2 Å². The van der Waals surface area contributed by atoms with Crippen LogP contribution in [-0.2, 0) is 4.79 Å². The van der Waals surface area contributed by atoms with Gasteiger partial charge in [-0.2, -0.15) is 5.10 Å². The number of benzene rings is 3. The lowest BCUT2D eigenvalue weighted by molar-refractivity contribution is -0.118. The van der Waals surface area contributed by atoms with E-state index in [0.29, 0.717) is 39.4 Å². The first-order valence-electron chi connectivity index (χ1n) is 10.7. The molecule has 0 fully saturated rings. The molecule has 0 bridgehead atoms. The number of hydrogen-bond acceptors (Lipinski definition) is 5. The Morgan fingerprint density at radius 3 is 2.26 bits per heavy atom. The van der Waals surface area contributed by atoms with Gasteiger partial charge in [-0.15, -0.1) is 0 Å². The predicted octanol–water partition coefficient (Wildman–Crippen LogP) is 5.25. The van der Waals surface area contributed by atoms with Crippen LogP contribution >= 0.6 is 15.9 Å². The lowest BCUT2D eigenvalue weighted by Crippen LogP contribution is -2.20. The van der Waals surface area contributed by atoms with Gasteiger partial charge in [0.05, 0.1) is 17.3 Å². The minimum Gasteiger partial charge on any atom is -0.490 e. The van der Waals surface area contributed by atoms with Gasteiger partial charge in [-0.05, 0) is 78.7 Å². The van der Waals surface area contributed by atoms with E-state index in [0.717, 1.165) is 11.1 Å². The first-order chi connectivity index (χ1) is 16.4. The van der Waals surface area contributed by atoms with Gasteiger partial charge in [0.15, 0.2) is 18.1 Å². The van der Waals surface area contributed by atoms with Crippen molar-refractivity contribution < 1.29 is 19.1 Å². The van der Waals surface area contributed by atoms with Gasteiger partial charge in [0.2, 0.25) is 0 Å². The smallest absolute Gasteiger partial charge is 0.271 e. The van der Waals surface area contributed by atoms with Crippen molar-refractivity contribution in [1.29, 1.82) is 0 Å². The molecule has 8 heteroatoms. The van der Waals surface area contributed by atoms with Crippen LogP contribution in [0, 0.1) is 13.8 Å². The molecule has 34 heavy (non-hydrogen) atoms. The summed E-state index contributed by atoms with van der Waals surface area (Å²) in [6, 6.07) is 18.2. The van der Waals surface area contributed by atoms with E-state index in [-0.39, 0.29) is 18.4 Å². The van der Waals surface area contributed by atoms with Crippen molar-refractivity contribution in [1.82, 2.24) is 5.43 Å². The number of rotatable bonds is 9. The summed E-state index contributed by atoms with van der Waals surface area (Å²) in [5.41, 5.74) is 6.58. The summed E-state index contributed by atoms with van der Waals surface area (Å²) >= 11 is 3.47. The number of carbonyl (C=O) groups excluding carboxylic acids is 2. The van der Waals surface area contributed by atoms with Crippen molar-refractivity contribution in [3.8, 4) is 11.5 Å². The zero-order chi connectivity index (χ0) is 24.5. The number of halogens is 1. The second-order valence-electron chi connectivity index (χ2n) is 7.53. The molecule has 7 nitrogen and oxygen atoms in total. The molecule has 0 saturated carbocycles. The van der Waals surface area contributed by atoms with Gasteiger partial charge in [-0.1, -0.05) is 35.4 Å². The molecule has 0 spiro atoms. The topological polar surface area (TPSA) is 89.0 Å². The summed E-state index contributed by atoms with van der Waals surface area (Å²) in [7, 11) is 0. The first kappa shape index (κ1) is 25.0. The molecule has 0 saturated heterocycles. The highest BCUT2D eigenvalue weighted by molar-refractivity contribution is 9.10. The van der Waals surface area contributed by atoms with E-state index in [9.17, 15) is 9.59 Å². The third kappa shape index (κ3) is 7.18. The summed E-state index contributed by atoms with van der Waals surface area (Å²) in [4.78, 5) is 24.5. The van der Waals surface area contributed by atoms with Gasteiger partial charge < -0.3 is 14.8 Å². The normalized spacial score (nSPS) is 10.7. The Balaban J connectivity index is 1.65. The average molecular weight is 524 g/mol. The molecule has 0 atom stereocenters. The molecule has 3 rings (SSSR count). The van der Waals surface area contributed by atoms with Crippen LogP contribution in [0.1, 0.15) is 34.0 Å². The highest BCUT2D eigenvalue weighted by atomic mass is 79.9. The van der Waals surface area contributed by atoms with E-state index < -0.39 is 0 Å². The van der Waals surface area contributed by atoms with Gasteiger partial charge in [0, 0.05) is 11.3 Å². The van der Waals surface area contributed by atoms with Crippen LogP contribution in [0.3, 0.4) is 0 Å². The monoisotopic (exact) mass is 523 g/mol. The second kappa shape index (κ2) is 12.0. The molecule has 0 aliphatic carbocycles. The van der Waals surface area contributed by atoms with Gasteiger partial charge in [0.25, 0.3) is 11.8 Å². The molecule has 0 radical (unpaired) electrons. The molecule has 0 unspecified atom stereocenters. The fourth-order valence-electron chi connectivity index (χ4n) is 2.97. The Labute approximate surface area is 207 Å². The number of amides is 2. The zero-order valence-corrected chi connectivity index (χ0v) is 20.8. The van der Waals surface area contributed by atoms with E-state index >= 15 is 0 Å². The fraction of sp³-hybridized carbons (Fsp3) is 0.192.